The van der Waals surface area contributed by atoms with Crippen LogP contribution in [0.4, 0.5) is 9.52 Å². The molecule has 2 N–H and O–H groups in total. The number of sulfonamides is 1. The summed E-state index contributed by atoms with van der Waals surface area (Å²) in [7, 11) is -4.03. The minimum Gasteiger partial charge on any atom is -0.384 e. The summed E-state index contributed by atoms with van der Waals surface area (Å²) in [6, 6.07) is 5.06. The molecule has 0 atom stereocenters. The Morgan fingerprint density at radius 1 is 1.40 bits per heavy atom. The largest absolute Gasteiger partial charge is 0.384 e. The van der Waals surface area contributed by atoms with Crippen LogP contribution in [0.25, 0.3) is 0 Å². The van der Waals surface area contributed by atoms with Gasteiger partial charge in [0.15, 0.2) is 5.13 Å². The lowest BCUT2D eigenvalue weighted by atomic mass is 10.4. The molecule has 0 bridgehead atoms. The van der Waals surface area contributed by atoms with Crippen LogP contribution in [0, 0.1) is 17.7 Å². The Morgan fingerprint density at radius 3 is 2.85 bits per heavy atom. The molecule has 8 heteroatoms. The molecule has 2 rings (SSSR count). The Hall–Kier alpha value is -1.95. The van der Waals surface area contributed by atoms with Gasteiger partial charge >= 0.3 is 0 Å². The molecule has 0 fully saturated rings. The van der Waals surface area contributed by atoms with Crippen molar-refractivity contribution in [2.75, 3.05) is 11.3 Å². The van der Waals surface area contributed by atoms with E-state index in [1.165, 1.54) is 18.3 Å². The summed E-state index contributed by atoms with van der Waals surface area (Å²) in [4.78, 5) is 3.88. The fourth-order valence-electron chi connectivity index (χ4n) is 1.34. The van der Waals surface area contributed by atoms with Gasteiger partial charge in [0, 0.05) is 0 Å². The van der Waals surface area contributed by atoms with Crippen LogP contribution in [0.3, 0.4) is 0 Å². The van der Waals surface area contributed by atoms with E-state index in [0.29, 0.717) is 4.88 Å². The molecule has 0 unspecified atom stereocenters. The van der Waals surface area contributed by atoms with Gasteiger partial charge in [-0.2, -0.15) is 0 Å². The number of hydrogen-bond acceptors (Lipinski definition) is 5. The van der Waals surface area contributed by atoms with Crippen molar-refractivity contribution in [2.45, 2.75) is 4.90 Å². The molecule has 0 radical (unpaired) electrons. The third-order valence-electron chi connectivity index (χ3n) is 2.14. The average Bonchev–Trinajstić information content (AvgIpc) is 2.83. The Kier molecular flexibility index (Phi) is 4.34. The number of benzene rings is 1. The van der Waals surface area contributed by atoms with Crippen LogP contribution < -0.4 is 4.72 Å². The highest BCUT2D eigenvalue weighted by Crippen LogP contribution is 2.22. The molecule has 0 spiro atoms. The van der Waals surface area contributed by atoms with E-state index in [9.17, 15) is 12.8 Å². The molecule has 0 amide bonds. The number of rotatable bonds is 3. The number of aromatic nitrogens is 1. The number of halogens is 1. The van der Waals surface area contributed by atoms with E-state index in [-0.39, 0.29) is 11.7 Å². The zero-order chi connectivity index (χ0) is 14.6. The van der Waals surface area contributed by atoms with Crippen molar-refractivity contribution in [2.24, 2.45) is 0 Å². The van der Waals surface area contributed by atoms with Gasteiger partial charge in [-0.15, -0.1) is 0 Å². The van der Waals surface area contributed by atoms with E-state index in [4.69, 9.17) is 5.11 Å². The summed E-state index contributed by atoms with van der Waals surface area (Å²) in [5.74, 6) is 4.18. The molecule has 2 aromatic rings. The monoisotopic (exact) mass is 312 g/mol. The Morgan fingerprint density at radius 2 is 2.15 bits per heavy atom. The second-order valence-electron chi connectivity index (χ2n) is 3.53. The fraction of sp³-hybridized carbons (Fsp3) is 0.0833. The molecule has 1 aromatic heterocycles. The second kappa shape index (κ2) is 6.00. The summed E-state index contributed by atoms with van der Waals surface area (Å²) in [6.45, 7) is -0.297. The molecule has 0 aliphatic rings. The van der Waals surface area contributed by atoms with Crippen molar-refractivity contribution in [3.05, 3.63) is 41.2 Å². The van der Waals surface area contributed by atoms with E-state index in [2.05, 4.69) is 21.5 Å². The molecule has 5 nitrogen and oxygen atoms in total. The molecule has 1 heterocycles. The van der Waals surface area contributed by atoms with Gasteiger partial charge in [-0.05, 0) is 12.1 Å². The average molecular weight is 312 g/mol. The smallest absolute Gasteiger partial charge is 0.266 e. The first-order valence-corrected chi connectivity index (χ1v) is 7.66. The zero-order valence-electron chi connectivity index (χ0n) is 10.00. The maximum absolute atomic E-state index is 13.5. The van der Waals surface area contributed by atoms with Gasteiger partial charge in [-0.25, -0.2) is 17.8 Å². The molecule has 0 saturated carbocycles. The summed E-state index contributed by atoms with van der Waals surface area (Å²) in [5.41, 5.74) is 0. The third-order valence-corrected chi connectivity index (χ3v) is 4.47. The van der Waals surface area contributed by atoms with Gasteiger partial charge in [0.25, 0.3) is 10.0 Å². The number of hydrogen-bond donors (Lipinski definition) is 2. The summed E-state index contributed by atoms with van der Waals surface area (Å²) < 4.78 is 39.6. The maximum Gasteiger partial charge on any atom is 0.266 e. The quantitative estimate of drug-likeness (QED) is 0.840. The molecular weight excluding hydrogens is 303 g/mol. The predicted molar refractivity (Wildman–Crippen MR) is 73.3 cm³/mol. The van der Waals surface area contributed by atoms with Gasteiger partial charge in [0.1, 0.15) is 17.3 Å². The van der Waals surface area contributed by atoms with Crippen molar-refractivity contribution < 1.29 is 17.9 Å². The van der Waals surface area contributed by atoms with E-state index >= 15 is 0 Å². The number of anilines is 1. The highest BCUT2D eigenvalue weighted by atomic mass is 32.2. The first-order chi connectivity index (χ1) is 9.53. The maximum atomic E-state index is 13.5. The lowest BCUT2D eigenvalue weighted by Crippen LogP contribution is -2.14. The van der Waals surface area contributed by atoms with Crippen LogP contribution in [0.15, 0.2) is 35.4 Å². The predicted octanol–water partition coefficient (Wildman–Crippen LogP) is 1.43. The van der Waals surface area contributed by atoms with Gasteiger partial charge in [-0.1, -0.05) is 35.3 Å². The topological polar surface area (TPSA) is 79.3 Å². The van der Waals surface area contributed by atoms with Crippen LogP contribution in [0.2, 0.25) is 0 Å². The first kappa shape index (κ1) is 14.5. The van der Waals surface area contributed by atoms with E-state index in [1.54, 1.807) is 0 Å². The number of nitrogens with one attached hydrogen (secondary N) is 1. The summed E-state index contributed by atoms with van der Waals surface area (Å²) in [5, 5.41) is 8.64. The molecule has 1 aromatic carbocycles. The zero-order valence-corrected chi connectivity index (χ0v) is 11.6. The molecule has 0 saturated heterocycles. The molecule has 0 aliphatic carbocycles. The second-order valence-corrected chi connectivity index (χ2v) is 6.21. The minimum atomic E-state index is -4.03. The van der Waals surface area contributed by atoms with E-state index < -0.39 is 20.7 Å². The van der Waals surface area contributed by atoms with E-state index in [0.717, 1.165) is 23.5 Å². The van der Waals surface area contributed by atoms with E-state index in [1.807, 2.05) is 0 Å². The van der Waals surface area contributed by atoms with Crippen LogP contribution in [0.5, 0.6) is 0 Å². The number of aliphatic hydroxyl groups is 1. The molecular formula is C12H9FN2O3S2. The van der Waals surface area contributed by atoms with Crippen molar-refractivity contribution in [3.8, 4) is 11.8 Å². The van der Waals surface area contributed by atoms with Crippen LogP contribution in [-0.4, -0.2) is 25.1 Å². The first-order valence-electron chi connectivity index (χ1n) is 5.36. The lowest BCUT2D eigenvalue weighted by molar-refractivity contribution is 0.350. The van der Waals surface area contributed by atoms with Gasteiger partial charge in [-0.3, -0.25) is 4.72 Å². The van der Waals surface area contributed by atoms with Crippen molar-refractivity contribution in [1.82, 2.24) is 4.98 Å². The lowest BCUT2D eigenvalue weighted by Gasteiger charge is -2.05. The normalized spacial score (nSPS) is 10.7. The Labute approximate surface area is 119 Å². The standard InChI is InChI=1S/C12H9FN2O3S2/c13-10-5-1-2-6-11(10)20(17,18)15-12-14-8-9(19-12)4-3-7-16/h1-2,5-6,8,16H,7H2,(H,14,15). The van der Waals surface area contributed by atoms with Gasteiger partial charge in [0.05, 0.1) is 11.1 Å². The van der Waals surface area contributed by atoms with Crippen LogP contribution in [0.1, 0.15) is 4.88 Å². The van der Waals surface area contributed by atoms with Crippen molar-refractivity contribution in [1.29, 1.82) is 0 Å². The SMILES string of the molecule is O=S(=O)(Nc1ncc(C#CCO)s1)c1ccccc1F. The van der Waals surface area contributed by atoms with Crippen molar-refractivity contribution >= 4 is 26.5 Å². The highest BCUT2D eigenvalue weighted by Gasteiger charge is 2.19. The Balaban J connectivity index is 2.25. The van der Waals surface area contributed by atoms with Crippen LogP contribution >= 0.6 is 11.3 Å². The number of aliphatic hydroxyl groups excluding tert-OH is 1. The van der Waals surface area contributed by atoms with Crippen molar-refractivity contribution in [3.63, 3.8) is 0 Å². The molecule has 104 valence electrons. The Bertz CT molecular complexity index is 775. The highest BCUT2D eigenvalue weighted by molar-refractivity contribution is 7.93. The third kappa shape index (κ3) is 3.33. The fourth-order valence-corrected chi connectivity index (χ4v) is 3.35. The summed E-state index contributed by atoms with van der Waals surface area (Å²) in [6.07, 6.45) is 1.37. The molecule has 20 heavy (non-hydrogen) atoms. The minimum absolute atomic E-state index is 0.0792. The van der Waals surface area contributed by atoms with Gasteiger partial charge in [0.2, 0.25) is 0 Å². The summed E-state index contributed by atoms with van der Waals surface area (Å²) >= 11 is 0.992. The number of thiazole rings is 1. The number of nitrogens with zero attached hydrogens (tertiary/aromatic N) is 1. The molecule has 0 aliphatic heterocycles. The van der Waals surface area contributed by atoms with Crippen LogP contribution in [-0.2, 0) is 10.0 Å². The van der Waals surface area contributed by atoms with Gasteiger partial charge < -0.3 is 5.11 Å².